The molecule has 2 aliphatic rings. The van der Waals surface area contributed by atoms with Crippen LogP contribution >= 0.6 is 0 Å². The van der Waals surface area contributed by atoms with E-state index in [2.05, 4.69) is 11.5 Å². The van der Waals surface area contributed by atoms with Crippen molar-refractivity contribution in [3.63, 3.8) is 0 Å². The average molecular weight is 479 g/mol. The first-order valence-corrected chi connectivity index (χ1v) is 11.6. The van der Waals surface area contributed by atoms with E-state index in [4.69, 9.17) is 14.2 Å². The molecule has 8 nitrogen and oxygen atoms in total. The number of rotatable bonds is 9. The molecule has 2 aromatic rings. The molecule has 0 aliphatic carbocycles. The fraction of sp³-hybridized carbons (Fsp3) is 0.333. The topological polar surface area (TPSA) is 88.5 Å². The average Bonchev–Trinajstić information content (AvgIpc) is 3.16. The Hall–Kier alpha value is -3.62. The molecule has 0 aromatic heterocycles. The molecule has 1 N–H and O–H groups in total. The van der Waals surface area contributed by atoms with Crippen LogP contribution in [0.1, 0.15) is 17.2 Å². The summed E-state index contributed by atoms with van der Waals surface area (Å²) in [5.74, 6) is -0.259. The van der Waals surface area contributed by atoms with Crippen molar-refractivity contribution in [2.75, 3.05) is 53.1 Å². The largest absolute Gasteiger partial charge is 0.507 e. The summed E-state index contributed by atoms with van der Waals surface area (Å²) < 4.78 is 16.2. The van der Waals surface area contributed by atoms with E-state index in [0.29, 0.717) is 50.0 Å². The molecule has 2 saturated heterocycles. The minimum absolute atomic E-state index is 0.0712. The summed E-state index contributed by atoms with van der Waals surface area (Å²) in [6.45, 7) is 7.79. The number of amides is 1. The third-order valence-corrected chi connectivity index (χ3v) is 6.23. The van der Waals surface area contributed by atoms with Crippen LogP contribution in [-0.2, 0) is 14.3 Å². The highest BCUT2D eigenvalue weighted by Crippen LogP contribution is 2.39. The Morgan fingerprint density at radius 3 is 2.34 bits per heavy atom. The minimum atomic E-state index is -0.710. The predicted octanol–water partition coefficient (Wildman–Crippen LogP) is 3.01. The van der Waals surface area contributed by atoms with Gasteiger partial charge >= 0.3 is 0 Å². The Labute approximate surface area is 205 Å². The van der Waals surface area contributed by atoms with Gasteiger partial charge in [0.1, 0.15) is 23.9 Å². The fourth-order valence-corrected chi connectivity index (χ4v) is 4.34. The summed E-state index contributed by atoms with van der Waals surface area (Å²) in [7, 11) is 1.58. The van der Waals surface area contributed by atoms with Crippen molar-refractivity contribution in [2.45, 2.75) is 6.04 Å². The van der Waals surface area contributed by atoms with Crippen LogP contribution in [0.3, 0.4) is 0 Å². The van der Waals surface area contributed by atoms with Gasteiger partial charge < -0.3 is 24.2 Å². The number of hydrogen-bond acceptors (Lipinski definition) is 7. The molecule has 0 saturated carbocycles. The number of carbonyl (C=O) groups is 2. The van der Waals surface area contributed by atoms with E-state index >= 15 is 0 Å². The smallest absolute Gasteiger partial charge is 0.295 e. The lowest BCUT2D eigenvalue weighted by Crippen LogP contribution is -2.42. The molecule has 4 rings (SSSR count). The maximum absolute atomic E-state index is 13.2. The zero-order chi connectivity index (χ0) is 24.8. The van der Waals surface area contributed by atoms with Gasteiger partial charge in [-0.15, -0.1) is 0 Å². The third-order valence-electron chi connectivity index (χ3n) is 6.23. The third kappa shape index (κ3) is 5.39. The second-order valence-corrected chi connectivity index (χ2v) is 8.34. The lowest BCUT2D eigenvalue weighted by Gasteiger charge is -2.31. The van der Waals surface area contributed by atoms with Gasteiger partial charge in [-0.3, -0.25) is 14.5 Å². The number of aliphatic hydroxyl groups excluding tert-OH is 1. The highest BCUT2D eigenvalue weighted by Gasteiger charge is 2.46. The van der Waals surface area contributed by atoms with Gasteiger partial charge in [-0.1, -0.05) is 24.8 Å². The van der Waals surface area contributed by atoms with E-state index < -0.39 is 17.7 Å². The summed E-state index contributed by atoms with van der Waals surface area (Å²) in [6, 6.07) is 13.2. The number of likely N-dealkylation sites (tertiary alicyclic amines) is 1. The molecule has 35 heavy (non-hydrogen) atoms. The first-order valence-electron chi connectivity index (χ1n) is 11.6. The number of hydrogen-bond donors (Lipinski definition) is 1. The predicted molar refractivity (Wildman–Crippen MR) is 131 cm³/mol. The Morgan fingerprint density at radius 1 is 1.06 bits per heavy atom. The van der Waals surface area contributed by atoms with Gasteiger partial charge in [-0.25, -0.2) is 0 Å². The number of benzene rings is 2. The fourth-order valence-electron chi connectivity index (χ4n) is 4.34. The van der Waals surface area contributed by atoms with Crippen molar-refractivity contribution in [1.82, 2.24) is 9.80 Å². The summed E-state index contributed by atoms with van der Waals surface area (Å²) >= 11 is 0. The Kier molecular flexibility index (Phi) is 7.84. The first kappa shape index (κ1) is 24.5. The van der Waals surface area contributed by atoms with Crippen LogP contribution in [-0.4, -0.2) is 79.7 Å². The van der Waals surface area contributed by atoms with Gasteiger partial charge in [0.05, 0.1) is 31.9 Å². The van der Waals surface area contributed by atoms with Crippen molar-refractivity contribution in [3.8, 4) is 11.5 Å². The molecule has 0 radical (unpaired) electrons. The molecular formula is C27H30N2O6. The molecule has 0 spiro atoms. The van der Waals surface area contributed by atoms with Gasteiger partial charge in [-0.2, -0.15) is 0 Å². The van der Waals surface area contributed by atoms with Crippen LogP contribution in [0.25, 0.3) is 5.76 Å². The van der Waals surface area contributed by atoms with E-state index in [0.717, 1.165) is 18.7 Å². The van der Waals surface area contributed by atoms with Crippen LogP contribution in [0.2, 0.25) is 0 Å². The molecule has 0 bridgehead atoms. The van der Waals surface area contributed by atoms with Crippen LogP contribution in [0.5, 0.6) is 11.5 Å². The molecule has 1 amide bonds. The molecule has 2 fully saturated rings. The Morgan fingerprint density at radius 2 is 1.71 bits per heavy atom. The van der Waals surface area contributed by atoms with E-state index in [1.54, 1.807) is 54.5 Å². The van der Waals surface area contributed by atoms with E-state index in [9.17, 15) is 14.7 Å². The SMILES string of the molecule is C=CCOc1ccc(/C(O)=C2\C(=O)C(=O)N(CCN3CCOCC3)[C@@H]2c2ccc(OC)cc2)cc1. The second-order valence-electron chi connectivity index (χ2n) is 8.34. The molecule has 0 unspecified atom stereocenters. The Balaban J connectivity index is 1.69. The lowest BCUT2D eigenvalue weighted by atomic mass is 9.95. The molecule has 2 aliphatic heterocycles. The quantitative estimate of drug-likeness (QED) is 0.257. The van der Waals surface area contributed by atoms with Gasteiger partial charge in [-0.05, 0) is 42.0 Å². The van der Waals surface area contributed by atoms with Crippen LogP contribution in [0.4, 0.5) is 0 Å². The summed E-state index contributed by atoms with van der Waals surface area (Å²) in [6.07, 6.45) is 1.64. The maximum Gasteiger partial charge on any atom is 0.295 e. The number of ketones is 1. The number of aliphatic hydroxyl groups is 1. The molecular weight excluding hydrogens is 448 g/mol. The van der Waals surface area contributed by atoms with Gasteiger partial charge in [0.2, 0.25) is 0 Å². The van der Waals surface area contributed by atoms with E-state index in [1.807, 2.05) is 12.1 Å². The van der Waals surface area contributed by atoms with Crippen molar-refractivity contribution in [1.29, 1.82) is 0 Å². The van der Waals surface area contributed by atoms with Crippen molar-refractivity contribution in [2.24, 2.45) is 0 Å². The molecule has 8 heteroatoms. The normalized spacial score (nSPS) is 20.1. The van der Waals surface area contributed by atoms with Crippen LogP contribution < -0.4 is 9.47 Å². The summed E-state index contributed by atoms with van der Waals surface area (Å²) in [4.78, 5) is 30.1. The van der Waals surface area contributed by atoms with Crippen LogP contribution in [0, 0.1) is 0 Å². The van der Waals surface area contributed by atoms with E-state index in [-0.39, 0.29) is 11.3 Å². The minimum Gasteiger partial charge on any atom is -0.507 e. The number of Topliss-reactive ketones (excluding diaryl/α,β-unsaturated/α-hetero) is 1. The van der Waals surface area contributed by atoms with Crippen LogP contribution in [0.15, 0.2) is 66.8 Å². The zero-order valence-electron chi connectivity index (χ0n) is 19.8. The zero-order valence-corrected chi connectivity index (χ0v) is 19.8. The maximum atomic E-state index is 13.2. The first-order chi connectivity index (χ1) is 17.0. The molecule has 2 heterocycles. The van der Waals surface area contributed by atoms with Gasteiger partial charge in [0.25, 0.3) is 11.7 Å². The number of morpholine rings is 1. The van der Waals surface area contributed by atoms with Crippen molar-refractivity contribution >= 4 is 17.4 Å². The van der Waals surface area contributed by atoms with Gasteiger partial charge in [0, 0.05) is 31.7 Å². The monoisotopic (exact) mass is 478 g/mol. The standard InChI is InChI=1S/C27H30N2O6/c1-3-16-35-22-10-6-20(7-11-22)25(30)23-24(19-4-8-21(33-2)9-5-19)29(27(32)26(23)31)13-12-28-14-17-34-18-15-28/h3-11,24,30H,1,12-18H2,2H3/b25-23+/t24-/m1/s1. The van der Waals surface area contributed by atoms with Gasteiger partial charge in [0.15, 0.2) is 0 Å². The number of methoxy groups -OCH3 is 1. The summed E-state index contributed by atoms with van der Waals surface area (Å²) in [5, 5.41) is 11.2. The van der Waals surface area contributed by atoms with E-state index in [1.165, 1.54) is 0 Å². The number of nitrogens with zero attached hydrogens (tertiary/aromatic N) is 2. The van der Waals surface area contributed by atoms with Crippen molar-refractivity contribution < 1.29 is 28.9 Å². The van der Waals surface area contributed by atoms with Crippen molar-refractivity contribution in [3.05, 3.63) is 77.9 Å². The lowest BCUT2D eigenvalue weighted by molar-refractivity contribution is -0.140. The molecule has 1 atom stereocenters. The molecule has 2 aromatic carbocycles. The second kappa shape index (κ2) is 11.2. The summed E-state index contributed by atoms with van der Waals surface area (Å²) in [5.41, 5.74) is 1.22. The Bertz CT molecular complexity index is 1090. The number of carbonyl (C=O) groups excluding carboxylic acids is 2. The molecule has 184 valence electrons. The highest BCUT2D eigenvalue weighted by atomic mass is 16.5. The number of ether oxygens (including phenoxy) is 3. The highest BCUT2D eigenvalue weighted by molar-refractivity contribution is 6.46.